The molecule has 1 fully saturated rings. The molecular weight excluding hydrogens is 390 g/mol. The van der Waals surface area contributed by atoms with Gasteiger partial charge in [0.05, 0.1) is 11.3 Å². The lowest BCUT2D eigenvalue weighted by Gasteiger charge is -2.14. The van der Waals surface area contributed by atoms with Gasteiger partial charge in [-0.15, -0.1) is 0 Å². The molecule has 1 atom stereocenters. The number of para-hydroxylation sites is 1. The van der Waals surface area contributed by atoms with Crippen molar-refractivity contribution in [2.24, 2.45) is 0 Å². The van der Waals surface area contributed by atoms with Crippen molar-refractivity contribution in [3.63, 3.8) is 0 Å². The molecule has 132 valence electrons. The van der Waals surface area contributed by atoms with Crippen LogP contribution in [-0.4, -0.2) is 31.8 Å². The van der Waals surface area contributed by atoms with Crippen LogP contribution in [0.25, 0.3) is 0 Å². The summed E-state index contributed by atoms with van der Waals surface area (Å²) in [6.07, 6.45) is 0. The fourth-order valence-electron chi connectivity index (χ4n) is 2.31. The van der Waals surface area contributed by atoms with Crippen molar-refractivity contribution >= 4 is 68.9 Å². The molecule has 3 N–H and O–H groups in total. The zero-order valence-corrected chi connectivity index (χ0v) is 15.7. The topological polar surface area (TPSA) is 81.7 Å². The first-order valence-corrected chi connectivity index (χ1v) is 9.16. The van der Waals surface area contributed by atoms with Crippen molar-refractivity contribution in [1.29, 1.82) is 0 Å². The highest BCUT2D eigenvalue weighted by atomic mass is 32.2. The zero-order valence-electron chi connectivity index (χ0n) is 13.2. The third kappa shape index (κ3) is 4.01. The number of hydrogen-bond donors (Lipinski definition) is 3. The Bertz CT molecular complexity index is 872. The van der Waals surface area contributed by atoms with E-state index in [0.717, 1.165) is 11.8 Å². The molecule has 9 heteroatoms. The molecule has 0 aliphatic carbocycles. The number of nitrogens with zero attached hydrogens (tertiary/aromatic N) is 1. The molecule has 0 spiro atoms. The van der Waals surface area contributed by atoms with Crippen molar-refractivity contribution < 1.29 is 14.7 Å². The molecule has 1 aliphatic heterocycles. The number of thioether (sulfide) groups is 1. The van der Waals surface area contributed by atoms with Crippen LogP contribution in [0.4, 0.5) is 11.4 Å². The number of carbonyl (C=O) groups is 2. The molecule has 2 aromatic carbocycles. The van der Waals surface area contributed by atoms with Gasteiger partial charge in [-0.05, 0) is 48.6 Å². The van der Waals surface area contributed by atoms with Gasteiger partial charge in [0.25, 0.3) is 5.91 Å². The van der Waals surface area contributed by atoms with Crippen molar-refractivity contribution in [3.8, 4) is 0 Å². The second-order valence-corrected chi connectivity index (χ2v) is 7.42. The molecule has 6 nitrogen and oxygen atoms in total. The van der Waals surface area contributed by atoms with Gasteiger partial charge in [-0.3, -0.25) is 9.69 Å². The Morgan fingerprint density at radius 1 is 1.15 bits per heavy atom. The first-order chi connectivity index (χ1) is 12.5. The standard InChI is InChI=1S/C17H13N3O3S3/c21-14-13(19-16(24)20(14)12-4-2-1-3-5-12)26-17(25)18-11-8-6-10(7-9-11)15(22)23/h1-9,13H,(H,18,25)(H,19,24)(H,22,23). The summed E-state index contributed by atoms with van der Waals surface area (Å²) < 4.78 is 0.372. The summed E-state index contributed by atoms with van der Waals surface area (Å²) in [6, 6.07) is 15.3. The van der Waals surface area contributed by atoms with Crippen LogP contribution < -0.4 is 15.5 Å². The lowest BCUT2D eigenvalue weighted by Crippen LogP contribution is -2.30. The lowest BCUT2D eigenvalue weighted by molar-refractivity contribution is -0.116. The number of carbonyl (C=O) groups excluding carboxylic acids is 1. The number of aromatic carboxylic acids is 1. The first-order valence-electron chi connectivity index (χ1n) is 7.46. The van der Waals surface area contributed by atoms with Crippen LogP contribution in [0.2, 0.25) is 0 Å². The molecule has 0 bridgehead atoms. The maximum Gasteiger partial charge on any atom is 0.335 e. The molecule has 1 heterocycles. The van der Waals surface area contributed by atoms with Gasteiger partial charge in [-0.2, -0.15) is 0 Å². The smallest absolute Gasteiger partial charge is 0.335 e. The summed E-state index contributed by atoms with van der Waals surface area (Å²) in [7, 11) is 0. The fourth-order valence-corrected chi connectivity index (χ4v) is 3.87. The van der Waals surface area contributed by atoms with Gasteiger partial charge in [0.15, 0.2) is 10.5 Å². The second kappa shape index (κ2) is 7.81. The predicted octanol–water partition coefficient (Wildman–Crippen LogP) is 3.06. The van der Waals surface area contributed by atoms with Gasteiger partial charge in [-0.1, -0.05) is 42.2 Å². The minimum atomic E-state index is -0.997. The molecule has 0 aromatic heterocycles. The maximum absolute atomic E-state index is 12.6. The molecule has 0 saturated carbocycles. The number of benzene rings is 2. The Balaban J connectivity index is 1.63. The van der Waals surface area contributed by atoms with E-state index < -0.39 is 11.3 Å². The van der Waals surface area contributed by atoms with Crippen LogP contribution in [0.3, 0.4) is 0 Å². The Morgan fingerprint density at radius 3 is 2.42 bits per heavy atom. The van der Waals surface area contributed by atoms with Gasteiger partial charge in [0.2, 0.25) is 0 Å². The number of hydrogen-bond acceptors (Lipinski definition) is 5. The van der Waals surface area contributed by atoms with E-state index in [4.69, 9.17) is 29.5 Å². The maximum atomic E-state index is 12.6. The third-order valence-electron chi connectivity index (χ3n) is 3.52. The summed E-state index contributed by atoms with van der Waals surface area (Å²) in [5.74, 6) is -1.19. The first kappa shape index (κ1) is 18.3. The zero-order chi connectivity index (χ0) is 18.7. The van der Waals surface area contributed by atoms with Crippen LogP contribution in [0.1, 0.15) is 10.4 Å². The van der Waals surface area contributed by atoms with Crippen molar-refractivity contribution in [1.82, 2.24) is 5.32 Å². The number of nitrogens with one attached hydrogen (secondary N) is 2. The number of thiocarbonyl (C=S) groups is 2. The summed E-state index contributed by atoms with van der Waals surface area (Å²) in [5.41, 5.74) is 1.52. The van der Waals surface area contributed by atoms with Gasteiger partial charge >= 0.3 is 5.97 Å². The quantitative estimate of drug-likeness (QED) is 0.672. The Kier molecular flexibility index (Phi) is 5.50. The van der Waals surface area contributed by atoms with E-state index in [2.05, 4.69) is 10.6 Å². The Morgan fingerprint density at radius 2 is 1.81 bits per heavy atom. The van der Waals surface area contributed by atoms with Gasteiger partial charge < -0.3 is 15.7 Å². The van der Waals surface area contributed by atoms with E-state index in [0.29, 0.717) is 20.8 Å². The number of carboxylic acids is 1. The van der Waals surface area contributed by atoms with Gasteiger partial charge in [0, 0.05) is 5.69 Å². The Hall–Kier alpha value is -2.49. The highest BCUT2D eigenvalue weighted by molar-refractivity contribution is 8.24. The van der Waals surface area contributed by atoms with Crippen LogP contribution in [-0.2, 0) is 4.79 Å². The SMILES string of the molecule is O=C(O)c1ccc(NC(=S)SC2NC(=S)N(c3ccccc3)C2=O)cc1. The summed E-state index contributed by atoms with van der Waals surface area (Å²) in [6.45, 7) is 0. The van der Waals surface area contributed by atoms with Crippen molar-refractivity contribution in [2.45, 2.75) is 5.37 Å². The molecule has 1 saturated heterocycles. The highest BCUT2D eigenvalue weighted by Crippen LogP contribution is 2.25. The van der Waals surface area contributed by atoms with E-state index in [9.17, 15) is 9.59 Å². The monoisotopic (exact) mass is 403 g/mol. The van der Waals surface area contributed by atoms with E-state index >= 15 is 0 Å². The van der Waals surface area contributed by atoms with Crippen LogP contribution >= 0.6 is 36.2 Å². The molecule has 2 aromatic rings. The number of rotatable bonds is 4. The second-order valence-electron chi connectivity index (χ2n) is 5.25. The predicted molar refractivity (Wildman–Crippen MR) is 111 cm³/mol. The molecule has 0 radical (unpaired) electrons. The number of amides is 1. The number of carboxylic acid groups (broad SMARTS) is 1. The number of anilines is 2. The summed E-state index contributed by atoms with van der Waals surface area (Å²) in [5, 5.41) is 14.5. The van der Waals surface area contributed by atoms with E-state index in [1.807, 2.05) is 18.2 Å². The van der Waals surface area contributed by atoms with Gasteiger partial charge in [-0.25, -0.2) is 4.79 Å². The normalized spacial score (nSPS) is 16.3. The van der Waals surface area contributed by atoms with Crippen LogP contribution in [0, 0.1) is 0 Å². The van der Waals surface area contributed by atoms with Crippen LogP contribution in [0.5, 0.6) is 0 Å². The van der Waals surface area contributed by atoms with E-state index in [1.165, 1.54) is 17.0 Å². The largest absolute Gasteiger partial charge is 0.478 e. The van der Waals surface area contributed by atoms with Crippen molar-refractivity contribution in [2.75, 3.05) is 10.2 Å². The Labute approximate surface area is 164 Å². The fraction of sp³-hybridized carbons (Fsp3) is 0.0588. The molecule has 26 heavy (non-hydrogen) atoms. The molecular formula is C17H13N3O3S3. The van der Waals surface area contributed by atoms with Crippen molar-refractivity contribution in [3.05, 3.63) is 60.2 Å². The highest BCUT2D eigenvalue weighted by Gasteiger charge is 2.37. The average Bonchev–Trinajstić information content (AvgIpc) is 2.89. The molecule has 3 rings (SSSR count). The third-order valence-corrected chi connectivity index (χ3v) is 5.08. The molecule has 1 amide bonds. The van der Waals surface area contributed by atoms with Gasteiger partial charge in [0.1, 0.15) is 4.32 Å². The minimum absolute atomic E-state index is 0.186. The van der Waals surface area contributed by atoms with E-state index in [-0.39, 0.29) is 11.5 Å². The molecule has 1 aliphatic rings. The molecule has 1 unspecified atom stereocenters. The summed E-state index contributed by atoms with van der Waals surface area (Å²) in [4.78, 5) is 24.9. The van der Waals surface area contributed by atoms with Crippen LogP contribution in [0.15, 0.2) is 54.6 Å². The van der Waals surface area contributed by atoms with E-state index in [1.54, 1.807) is 24.3 Å². The lowest BCUT2D eigenvalue weighted by atomic mass is 10.2. The average molecular weight is 404 g/mol. The summed E-state index contributed by atoms with van der Waals surface area (Å²) >= 11 is 11.7. The minimum Gasteiger partial charge on any atom is -0.478 e.